The summed E-state index contributed by atoms with van der Waals surface area (Å²) >= 11 is 1.31. The second-order valence-corrected chi connectivity index (χ2v) is 4.44. The van der Waals surface area contributed by atoms with E-state index in [2.05, 4.69) is 14.7 Å². The quantitative estimate of drug-likeness (QED) is 0.905. The average Bonchev–Trinajstić information content (AvgIpc) is 2.84. The molecule has 0 aliphatic heterocycles. The van der Waals surface area contributed by atoms with E-state index in [9.17, 15) is 4.39 Å². The second-order valence-electron chi connectivity index (χ2n) is 3.69. The monoisotopic (exact) mass is 267 g/mol. The molecule has 1 aromatic carbocycles. The number of aromatic nitrogens is 2. The lowest BCUT2D eigenvalue weighted by Gasteiger charge is -2.05. The molecule has 0 saturated heterocycles. The first kappa shape index (κ1) is 12.8. The van der Waals surface area contributed by atoms with Crippen molar-refractivity contribution in [3.63, 3.8) is 0 Å². The lowest BCUT2D eigenvalue weighted by atomic mass is 10.2. The molecule has 0 aliphatic rings. The fourth-order valence-electron chi connectivity index (χ4n) is 1.47. The molecule has 2 rings (SSSR count). The van der Waals surface area contributed by atoms with Crippen LogP contribution in [-0.2, 0) is 13.0 Å². The third kappa shape index (κ3) is 2.95. The Labute approximate surface area is 109 Å². The van der Waals surface area contributed by atoms with Gasteiger partial charge in [0.1, 0.15) is 5.82 Å². The zero-order chi connectivity index (χ0) is 13.0. The molecule has 0 radical (unpaired) electrons. The van der Waals surface area contributed by atoms with Crippen LogP contribution in [0.5, 0.6) is 5.75 Å². The Morgan fingerprint density at radius 3 is 2.89 bits per heavy atom. The van der Waals surface area contributed by atoms with E-state index in [4.69, 9.17) is 4.74 Å². The molecular formula is C12H14FN3OS. The molecule has 6 heteroatoms. The van der Waals surface area contributed by atoms with Gasteiger partial charge in [-0.25, -0.2) is 9.37 Å². The predicted molar refractivity (Wildman–Crippen MR) is 69.6 cm³/mol. The van der Waals surface area contributed by atoms with E-state index < -0.39 is 0 Å². The van der Waals surface area contributed by atoms with Gasteiger partial charge in [-0.15, -0.1) is 0 Å². The van der Waals surface area contributed by atoms with Gasteiger partial charge in [-0.2, -0.15) is 4.37 Å². The summed E-state index contributed by atoms with van der Waals surface area (Å²) in [7, 11) is 1.45. The number of rotatable bonds is 5. The SMILES string of the molecule is CCc1nsc(NCc2ccc(OC)c(F)c2)n1. The second kappa shape index (κ2) is 5.77. The summed E-state index contributed by atoms with van der Waals surface area (Å²) in [6, 6.07) is 4.88. The fraction of sp³-hybridized carbons (Fsp3) is 0.333. The predicted octanol–water partition coefficient (Wildman–Crippen LogP) is 2.86. The summed E-state index contributed by atoms with van der Waals surface area (Å²) in [6.45, 7) is 2.52. The minimum absolute atomic E-state index is 0.253. The maximum atomic E-state index is 13.5. The largest absolute Gasteiger partial charge is 0.494 e. The molecule has 0 bridgehead atoms. The van der Waals surface area contributed by atoms with E-state index in [1.165, 1.54) is 24.7 Å². The highest BCUT2D eigenvalue weighted by Gasteiger charge is 2.05. The Hall–Kier alpha value is -1.69. The minimum atomic E-state index is -0.358. The summed E-state index contributed by atoms with van der Waals surface area (Å²) in [6.07, 6.45) is 0.815. The van der Waals surface area contributed by atoms with E-state index in [1.54, 1.807) is 6.07 Å². The van der Waals surface area contributed by atoms with Gasteiger partial charge in [0, 0.05) is 24.5 Å². The van der Waals surface area contributed by atoms with Crippen LogP contribution in [0.4, 0.5) is 9.52 Å². The molecule has 0 spiro atoms. The molecule has 0 unspecified atom stereocenters. The minimum Gasteiger partial charge on any atom is -0.494 e. The van der Waals surface area contributed by atoms with Crippen molar-refractivity contribution in [1.29, 1.82) is 0 Å². The molecule has 0 aliphatic carbocycles. The highest BCUT2D eigenvalue weighted by atomic mass is 32.1. The zero-order valence-corrected chi connectivity index (χ0v) is 11.1. The first-order valence-electron chi connectivity index (χ1n) is 5.61. The summed E-state index contributed by atoms with van der Waals surface area (Å²) in [5.74, 6) is 0.717. The smallest absolute Gasteiger partial charge is 0.202 e. The topological polar surface area (TPSA) is 47.0 Å². The van der Waals surface area contributed by atoms with E-state index in [-0.39, 0.29) is 11.6 Å². The normalized spacial score (nSPS) is 10.4. The summed E-state index contributed by atoms with van der Waals surface area (Å²) in [4.78, 5) is 4.28. The number of hydrogen-bond acceptors (Lipinski definition) is 5. The van der Waals surface area contributed by atoms with Crippen molar-refractivity contribution >= 4 is 16.7 Å². The number of methoxy groups -OCH3 is 1. The van der Waals surface area contributed by atoms with Gasteiger partial charge < -0.3 is 10.1 Å². The van der Waals surface area contributed by atoms with Crippen molar-refractivity contribution in [2.24, 2.45) is 0 Å². The van der Waals surface area contributed by atoms with Crippen LogP contribution in [0.15, 0.2) is 18.2 Å². The van der Waals surface area contributed by atoms with E-state index in [0.717, 1.165) is 22.9 Å². The molecule has 0 amide bonds. The van der Waals surface area contributed by atoms with Crippen LogP contribution in [0, 0.1) is 5.82 Å². The molecule has 18 heavy (non-hydrogen) atoms. The van der Waals surface area contributed by atoms with Gasteiger partial charge in [0.05, 0.1) is 7.11 Å². The summed E-state index contributed by atoms with van der Waals surface area (Å²) in [5, 5.41) is 3.87. The van der Waals surface area contributed by atoms with Crippen molar-refractivity contribution in [1.82, 2.24) is 9.36 Å². The highest BCUT2D eigenvalue weighted by molar-refractivity contribution is 7.09. The van der Waals surface area contributed by atoms with Crippen molar-refractivity contribution in [2.75, 3.05) is 12.4 Å². The molecule has 0 saturated carbocycles. The van der Waals surface area contributed by atoms with Crippen LogP contribution < -0.4 is 10.1 Å². The van der Waals surface area contributed by atoms with Crippen molar-refractivity contribution in [3.8, 4) is 5.75 Å². The van der Waals surface area contributed by atoms with Crippen LogP contribution in [0.2, 0.25) is 0 Å². The van der Waals surface area contributed by atoms with Gasteiger partial charge in [-0.1, -0.05) is 13.0 Å². The van der Waals surface area contributed by atoms with Crippen molar-refractivity contribution < 1.29 is 9.13 Å². The maximum absolute atomic E-state index is 13.5. The molecule has 4 nitrogen and oxygen atoms in total. The summed E-state index contributed by atoms with van der Waals surface area (Å²) in [5.41, 5.74) is 0.835. The first-order valence-corrected chi connectivity index (χ1v) is 6.39. The number of anilines is 1. The zero-order valence-electron chi connectivity index (χ0n) is 10.2. The summed E-state index contributed by atoms with van der Waals surface area (Å²) < 4.78 is 22.5. The maximum Gasteiger partial charge on any atom is 0.202 e. The molecule has 1 N–H and O–H groups in total. The van der Waals surface area contributed by atoms with Gasteiger partial charge in [-0.3, -0.25) is 0 Å². The molecule has 1 aromatic heterocycles. The molecular weight excluding hydrogens is 253 g/mol. The molecule has 0 atom stereocenters. The standard InChI is InChI=1S/C12H14FN3OS/c1-3-11-15-12(18-16-11)14-7-8-4-5-10(17-2)9(13)6-8/h4-6H,3,7H2,1-2H3,(H,14,15,16). The Balaban J connectivity index is 1.99. The number of aryl methyl sites for hydroxylation is 1. The van der Waals surface area contributed by atoms with Gasteiger partial charge in [0.15, 0.2) is 11.6 Å². The Bertz CT molecular complexity index is 530. The van der Waals surface area contributed by atoms with Crippen LogP contribution in [0.3, 0.4) is 0 Å². The molecule has 0 fully saturated rings. The van der Waals surface area contributed by atoms with E-state index in [0.29, 0.717) is 6.54 Å². The lowest BCUT2D eigenvalue weighted by molar-refractivity contribution is 0.386. The highest BCUT2D eigenvalue weighted by Crippen LogP contribution is 2.19. The van der Waals surface area contributed by atoms with Gasteiger partial charge in [-0.05, 0) is 17.7 Å². The van der Waals surface area contributed by atoms with Crippen LogP contribution in [0.1, 0.15) is 18.3 Å². The number of ether oxygens (including phenoxy) is 1. The van der Waals surface area contributed by atoms with Crippen LogP contribution >= 0.6 is 11.5 Å². The third-order valence-electron chi connectivity index (χ3n) is 2.44. The van der Waals surface area contributed by atoms with E-state index >= 15 is 0 Å². The molecule has 1 heterocycles. The van der Waals surface area contributed by atoms with Gasteiger partial charge in [0.2, 0.25) is 5.13 Å². The van der Waals surface area contributed by atoms with Crippen molar-refractivity contribution in [2.45, 2.75) is 19.9 Å². The van der Waals surface area contributed by atoms with Crippen LogP contribution in [-0.4, -0.2) is 16.5 Å². The fourth-order valence-corrected chi connectivity index (χ4v) is 2.11. The Morgan fingerprint density at radius 1 is 1.44 bits per heavy atom. The number of halogens is 1. The third-order valence-corrected chi connectivity index (χ3v) is 3.15. The number of hydrogen-bond donors (Lipinski definition) is 1. The Morgan fingerprint density at radius 2 is 2.28 bits per heavy atom. The molecule has 96 valence electrons. The lowest BCUT2D eigenvalue weighted by Crippen LogP contribution is -2.00. The average molecular weight is 267 g/mol. The Kier molecular flexibility index (Phi) is 4.09. The van der Waals surface area contributed by atoms with Gasteiger partial charge in [0.25, 0.3) is 0 Å². The number of nitrogens with zero attached hydrogens (tertiary/aromatic N) is 2. The van der Waals surface area contributed by atoms with Crippen LogP contribution in [0.25, 0.3) is 0 Å². The van der Waals surface area contributed by atoms with Gasteiger partial charge >= 0.3 is 0 Å². The molecule has 2 aromatic rings. The number of benzene rings is 1. The van der Waals surface area contributed by atoms with E-state index in [1.807, 2.05) is 13.0 Å². The first-order chi connectivity index (χ1) is 8.72. The number of nitrogens with one attached hydrogen (secondary N) is 1. The van der Waals surface area contributed by atoms with Crippen molar-refractivity contribution in [3.05, 3.63) is 35.4 Å².